The van der Waals surface area contributed by atoms with Gasteiger partial charge in [0.05, 0.1) is 18.1 Å². The maximum atomic E-state index is 13.6. The maximum absolute atomic E-state index is 13.6. The second-order valence-corrected chi connectivity index (χ2v) is 11.7. The summed E-state index contributed by atoms with van der Waals surface area (Å²) in [6.07, 6.45) is 0.632. The van der Waals surface area contributed by atoms with Gasteiger partial charge in [-0.25, -0.2) is 8.42 Å². The van der Waals surface area contributed by atoms with Gasteiger partial charge in [-0.1, -0.05) is 45.0 Å². The zero-order valence-corrected chi connectivity index (χ0v) is 21.7. The van der Waals surface area contributed by atoms with E-state index in [9.17, 15) is 13.2 Å². The predicted octanol–water partition coefficient (Wildman–Crippen LogP) is 4.89. The SMILES string of the molecule is CCCOc1ccc(CN(C(=O)C(C)Oc2cc(C)ccc2C(C)C)C2CCS(=O)(=O)C2)cc1. The Kier molecular flexibility index (Phi) is 8.63. The van der Waals surface area contributed by atoms with Crippen molar-refractivity contribution in [1.29, 1.82) is 0 Å². The summed E-state index contributed by atoms with van der Waals surface area (Å²) in [7, 11) is -3.15. The van der Waals surface area contributed by atoms with Crippen LogP contribution in [-0.2, 0) is 21.2 Å². The average molecular weight is 488 g/mol. The Morgan fingerprint density at radius 3 is 2.41 bits per heavy atom. The molecule has 186 valence electrons. The van der Waals surface area contributed by atoms with Gasteiger partial charge in [0.2, 0.25) is 0 Å². The smallest absolute Gasteiger partial charge is 0.263 e. The van der Waals surface area contributed by atoms with E-state index in [0.29, 0.717) is 25.3 Å². The van der Waals surface area contributed by atoms with Crippen LogP contribution in [0.2, 0.25) is 0 Å². The number of ether oxygens (including phenoxy) is 2. The fraction of sp³-hybridized carbons (Fsp3) is 0.519. The quantitative estimate of drug-likeness (QED) is 0.477. The average Bonchev–Trinajstić information content (AvgIpc) is 3.15. The van der Waals surface area contributed by atoms with E-state index in [0.717, 1.165) is 28.9 Å². The summed E-state index contributed by atoms with van der Waals surface area (Å²) in [5, 5.41) is 0. The molecule has 0 aliphatic carbocycles. The van der Waals surface area contributed by atoms with E-state index >= 15 is 0 Å². The Bertz CT molecular complexity index is 1080. The number of amides is 1. The first-order valence-corrected chi connectivity index (χ1v) is 13.9. The molecule has 0 aromatic heterocycles. The lowest BCUT2D eigenvalue weighted by Crippen LogP contribution is -2.46. The van der Waals surface area contributed by atoms with E-state index in [1.165, 1.54) is 0 Å². The van der Waals surface area contributed by atoms with E-state index in [1.807, 2.05) is 49.4 Å². The molecule has 1 saturated heterocycles. The highest BCUT2D eigenvalue weighted by molar-refractivity contribution is 7.91. The van der Waals surface area contributed by atoms with Crippen molar-refractivity contribution in [3.8, 4) is 11.5 Å². The Balaban J connectivity index is 1.81. The van der Waals surface area contributed by atoms with Gasteiger partial charge in [0.25, 0.3) is 5.91 Å². The lowest BCUT2D eigenvalue weighted by molar-refractivity contribution is -0.140. The maximum Gasteiger partial charge on any atom is 0.263 e. The van der Waals surface area contributed by atoms with E-state index in [-0.39, 0.29) is 29.4 Å². The van der Waals surface area contributed by atoms with Crippen molar-refractivity contribution in [2.45, 2.75) is 72.1 Å². The van der Waals surface area contributed by atoms with Gasteiger partial charge in [0.1, 0.15) is 11.5 Å². The molecule has 0 N–H and O–H groups in total. The van der Waals surface area contributed by atoms with Crippen LogP contribution >= 0.6 is 0 Å². The number of rotatable bonds is 10. The summed E-state index contributed by atoms with van der Waals surface area (Å²) >= 11 is 0. The van der Waals surface area contributed by atoms with Gasteiger partial charge >= 0.3 is 0 Å². The lowest BCUT2D eigenvalue weighted by Gasteiger charge is -2.31. The van der Waals surface area contributed by atoms with Gasteiger partial charge in [-0.05, 0) is 67.5 Å². The molecule has 34 heavy (non-hydrogen) atoms. The van der Waals surface area contributed by atoms with Gasteiger partial charge in [-0.15, -0.1) is 0 Å². The summed E-state index contributed by atoms with van der Waals surface area (Å²) in [5.74, 6) is 1.63. The zero-order chi connectivity index (χ0) is 24.9. The first kappa shape index (κ1) is 26.1. The van der Waals surface area contributed by atoms with Gasteiger partial charge < -0.3 is 14.4 Å². The number of hydrogen-bond acceptors (Lipinski definition) is 5. The molecule has 1 aliphatic heterocycles. The first-order valence-electron chi connectivity index (χ1n) is 12.1. The molecule has 2 atom stereocenters. The number of carbonyl (C=O) groups excluding carboxylic acids is 1. The van der Waals surface area contributed by atoms with Crippen molar-refractivity contribution < 1.29 is 22.7 Å². The molecular formula is C27H37NO5S. The number of sulfone groups is 1. The van der Waals surface area contributed by atoms with Crippen LogP contribution in [0.15, 0.2) is 42.5 Å². The van der Waals surface area contributed by atoms with Gasteiger partial charge in [-0.2, -0.15) is 0 Å². The van der Waals surface area contributed by atoms with Gasteiger partial charge in [0, 0.05) is 12.6 Å². The number of aryl methyl sites for hydroxylation is 1. The highest BCUT2D eigenvalue weighted by Crippen LogP contribution is 2.29. The van der Waals surface area contributed by atoms with Crippen molar-refractivity contribution >= 4 is 15.7 Å². The van der Waals surface area contributed by atoms with Crippen LogP contribution in [0.25, 0.3) is 0 Å². The third-order valence-corrected chi connectivity index (χ3v) is 7.87. The number of nitrogens with zero attached hydrogens (tertiary/aromatic N) is 1. The van der Waals surface area contributed by atoms with Crippen molar-refractivity contribution in [3.63, 3.8) is 0 Å². The Morgan fingerprint density at radius 2 is 1.82 bits per heavy atom. The molecule has 0 bridgehead atoms. The van der Waals surface area contributed by atoms with Crippen LogP contribution in [0.5, 0.6) is 11.5 Å². The minimum Gasteiger partial charge on any atom is -0.494 e. The number of carbonyl (C=O) groups is 1. The molecule has 0 spiro atoms. The van der Waals surface area contributed by atoms with E-state index < -0.39 is 15.9 Å². The molecule has 2 unspecified atom stereocenters. The summed E-state index contributed by atoms with van der Waals surface area (Å²) in [6, 6.07) is 13.3. The zero-order valence-electron chi connectivity index (χ0n) is 20.9. The molecule has 2 aromatic rings. The van der Waals surface area contributed by atoms with Crippen LogP contribution in [0.1, 0.15) is 63.1 Å². The van der Waals surface area contributed by atoms with Crippen LogP contribution in [-0.4, -0.2) is 49.5 Å². The van der Waals surface area contributed by atoms with Gasteiger partial charge in [-0.3, -0.25) is 4.79 Å². The largest absolute Gasteiger partial charge is 0.494 e. The van der Waals surface area contributed by atoms with Crippen LogP contribution in [0.4, 0.5) is 0 Å². The van der Waals surface area contributed by atoms with Gasteiger partial charge in [0.15, 0.2) is 15.9 Å². The number of hydrogen-bond donors (Lipinski definition) is 0. The predicted molar refractivity (Wildman–Crippen MR) is 135 cm³/mol. The number of benzene rings is 2. The molecule has 6 nitrogen and oxygen atoms in total. The molecule has 2 aromatic carbocycles. The highest BCUT2D eigenvalue weighted by Gasteiger charge is 2.36. The third-order valence-electron chi connectivity index (χ3n) is 6.12. The summed E-state index contributed by atoms with van der Waals surface area (Å²) in [5.41, 5.74) is 3.03. The van der Waals surface area contributed by atoms with Crippen molar-refractivity contribution in [3.05, 3.63) is 59.2 Å². The normalized spacial score (nSPS) is 18.0. The van der Waals surface area contributed by atoms with E-state index in [1.54, 1.807) is 11.8 Å². The summed E-state index contributed by atoms with van der Waals surface area (Å²) in [4.78, 5) is 15.3. The standard InChI is InChI=1S/C27H37NO5S/c1-6-14-32-24-10-8-22(9-11-24)17-28(23-13-15-34(30,31)18-23)27(29)21(5)33-26-16-20(4)7-12-25(26)19(2)3/h7-12,16,19,21,23H,6,13-15,17-18H2,1-5H3. The molecule has 0 saturated carbocycles. The summed E-state index contributed by atoms with van der Waals surface area (Å²) < 4.78 is 36.2. The second-order valence-electron chi connectivity index (χ2n) is 9.47. The van der Waals surface area contributed by atoms with E-state index in [2.05, 4.69) is 20.8 Å². The Morgan fingerprint density at radius 1 is 1.12 bits per heavy atom. The van der Waals surface area contributed by atoms with E-state index in [4.69, 9.17) is 9.47 Å². The highest BCUT2D eigenvalue weighted by atomic mass is 32.2. The van der Waals surface area contributed by atoms with Crippen molar-refractivity contribution in [1.82, 2.24) is 4.90 Å². The van der Waals surface area contributed by atoms with Crippen molar-refractivity contribution in [2.75, 3.05) is 18.1 Å². The van der Waals surface area contributed by atoms with Crippen LogP contribution in [0, 0.1) is 6.92 Å². The molecule has 7 heteroatoms. The third kappa shape index (κ3) is 6.75. The summed E-state index contributed by atoms with van der Waals surface area (Å²) in [6.45, 7) is 10.9. The Labute approximate surface area is 204 Å². The molecule has 3 rings (SSSR count). The van der Waals surface area contributed by atoms with Crippen molar-refractivity contribution in [2.24, 2.45) is 0 Å². The lowest BCUT2D eigenvalue weighted by atomic mass is 10.0. The monoisotopic (exact) mass is 487 g/mol. The fourth-order valence-electron chi connectivity index (χ4n) is 4.21. The minimum absolute atomic E-state index is 0.00908. The topological polar surface area (TPSA) is 72.9 Å². The molecule has 0 radical (unpaired) electrons. The van der Waals surface area contributed by atoms with Crippen LogP contribution in [0.3, 0.4) is 0 Å². The Hall–Kier alpha value is -2.54. The second kappa shape index (κ2) is 11.3. The molecule has 1 amide bonds. The molecule has 1 heterocycles. The first-order chi connectivity index (χ1) is 16.1. The van der Waals surface area contributed by atoms with Crippen LogP contribution < -0.4 is 9.47 Å². The molecule has 1 aliphatic rings. The molecule has 1 fully saturated rings. The molecular weight excluding hydrogens is 450 g/mol. The minimum atomic E-state index is -3.15. The fourth-order valence-corrected chi connectivity index (χ4v) is 5.94.